The first kappa shape index (κ1) is 23.3. The highest BCUT2D eigenvalue weighted by atomic mass is 19.1. The number of piperazine rings is 1. The number of halogens is 1. The van der Waals surface area contributed by atoms with Gasteiger partial charge in [-0.1, -0.05) is 6.92 Å². The molecule has 8 nitrogen and oxygen atoms in total. The first-order valence-electron chi connectivity index (χ1n) is 10.6. The van der Waals surface area contributed by atoms with Crippen molar-refractivity contribution in [2.75, 3.05) is 33.2 Å². The number of allylic oxidation sites excluding steroid dienone is 3. The van der Waals surface area contributed by atoms with Crippen LogP contribution in [0.15, 0.2) is 45.6 Å². The van der Waals surface area contributed by atoms with Gasteiger partial charge in [0, 0.05) is 51.7 Å². The number of pyridine rings is 2. The van der Waals surface area contributed by atoms with Gasteiger partial charge in [0.15, 0.2) is 5.82 Å². The van der Waals surface area contributed by atoms with Gasteiger partial charge in [0.2, 0.25) is 0 Å². The van der Waals surface area contributed by atoms with E-state index in [1.54, 1.807) is 32.3 Å². The Bertz CT molecular complexity index is 1130. The van der Waals surface area contributed by atoms with Crippen molar-refractivity contribution in [2.45, 2.75) is 26.8 Å². The number of nitrogens with zero attached hydrogens (tertiary/aromatic N) is 4. The molecule has 0 spiro atoms. The number of aromatic nitrogens is 2. The molecular weight excluding hydrogens is 411 g/mol. The topological polar surface area (TPSA) is 93.7 Å². The standard InChI is InChI=1S/C23H29FN6O2/c1-5-17-20(24)21-19(28-22(17)31)12-16(13-27-21)14-29-8-10-30(11-9-29)15(2)6-7-18(25-3)23(32)26-4/h6-7,12-13H,3,5,8-11,14H2,1-2,4H3,(H,26,32)(H,28,31)/b15-6+,18-7-. The number of hydrogen-bond acceptors (Lipinski definition) is 6. The van der Waals surface area contributed by atoms with Gasteiger partial charge < -0.3 is 15.2 Å². The van der Waals surface area contributed by atoms with Crippen LogP contribution in [-0.2, 0) is 17.8 Å². The van der Waals surface area contributed by atoms with Crippen molar-refractivity contribution < 1.29 is 9.18 Å². The molecule has 32 heavy (non-hydrogen) atoms. The van der Waals surface area contributed by atoms with E-state index in [0.717, 1.165) is 37.4 Å². The molecule has 0 unspecified atom stereocenters. The smallest absolute Gasteiger partial charge is 0.269 e. The molecule has 1 saturated heterocycles. The highest BCUT2D eigenvalue weighted by Gasteiger charge is 2.18. The maximum atomic E-state index is 14.5. The number of rotatable bonds is 7. The van der Waals surface area contributed by atoms with Crippen LogP contribution < -0.4 is 10.9 Å². The number of carbonyl (C=O) groups is 1. The highest BCUT2D eigenvalue weighted by molar-refractivity contribution is 5.93. The second-order valence-corrected chi connectivity index (χ2v) is 7.70. The summed E-state index contributed by atoms with van der Waals surface area (Å²) in [5.74, 6) is -0.807. The molecule has 0 radical (unpaired) electrons. The van der Waals surface area contributed by atoms with Crippen molar-refractivity contribution in [1.29, 1.82) is 0 Å². The molecule has 170 valence electrons. The Labute approximate surface area is 186 Å². The summed E-state index contributed by atoms with van der Waals surface area (Å²) in [7, 11) is 1.55. The molecule has 3 heterocycles. The number of aliphatic imine (C=N–C) groups is 1. The summed E-state index contributed by atoms with van der Waals surface area (Å²) in [6.07, 6.45) is 5.54. The minimum Gasteiger partial charge on any atom is -0.372 e. The summed E-state index contributed by atoms with van der Waals surface area (Å²) in [4.78, 5) is 39.1. The summed E-state index contributed by atoms with van der Waals surface area (Å²) in [5, 5.41) is 2.54. The van der Waals surface area contributed by atoms with Crippen LogP contribution in [0.2, 0.25) is 0 Å². The third kappa shape index (κ3) is 5.11. The van der Waals surface area contributed by atoms with Gasteiger partial charge >= 0.3 is 0 Å². The van der Waals surface area contributed by atoms with E-state index >= 15 is 0 Å². The summed E-state index contributed by atoms with van der Waals surface area (Å²) in [6, 6.07) is 1.80. The highest BCUT2D eigenvalue weighted by Crippen LogP contribution is 2.18. The molecule has 2 N–H and O–H groups in total. The molecule has 0 aromatic carbocycles. The Balaban J connectivity index is 1.65. The SMILES string of the molecule is C=N/C(=C\C=C(/C)N1CCN(Cc2cnc3c(F)c(CC)c(=O)[nH]c3c2)CC1)C(=O)NC. The Morgan fingerprint density at radius 1 is 1.34 bits per heavy atom. The first-order chi connectivity index (χ1) is 15.4. The Morgan fingerprint density at radius 3 is 2.69 bits per heavy atom. The van der Waals surface area contributed by atoms with Crippen LogP contribution in [0.5, 0.6) is 0 Å². The van der Waals surface area contributed by atoms with Crippen molar-refractivity contribution in [3.8, 4) is 0 Å². The predicted molar refractivity (Wildman–Crippen MR) is 124 cm³/mol. The molecule has 1 aliphatic rings. The van der Waals surface area contributed by atoms with Gasteiger partial charge in [-0.3, -0.25) is 24.5 Å². The number of amides is 1. The lowest BCUT2D eigenvalue weighted by Gasteiger charge is -2.36. The fraction of sp³-hybridized carbons (Fsp3) is 0.391. The van der Waals surface area contributed by atoms with Crippen molar-refractivity contribution in [3.63, 3.8) is 0 Å². The van der Waals surface area contributed by atoms with Crippen LogP contribution in [0.25, 0.3) is 11.0 Å². The number of hydrogen-bond donors (Lipinski definition) is 2. The molecular formula is C23H29FN6O2. The van der Waals surface area contributed by atoms with Crippen molar-refractivity contribution >= 4 is 23.7 Å². The summed E-state index contributed by atoms with van der Waals surface area (Å²) in [5.41, 5.74) is 2.61. The van der Waals surface area contributed by atoms with Gasteiger partial charge in [0.1, 0.15) is 11.2 Å². The average molecular weight is 441 g/mol. The Kier molecular flexibility index (Phi) is 7.53. The minimum absolute atomic E-state index is 0.137. The third-order valence-corrected chi connectivity index (χ3v) is 5.68. The first-order valence-corrected chi connectivity index (χ1v) is 10.6. The van der Waals surface area contributed by atoms with Crippen molar-refractivity contribution in [1.82, 2.24) is 25.1 Å². The maximum Gasteiger partial charge on any atom is 0.269 e. The van der Waals surface area contributed by atoms with Gasteiger partial charge in [-0.15, -0.1) is 0 Å². The third-order valence-electron chi connectivity index (χ3n) is 5.68. The van der Waals surface area contributed by atoms with E-state index in [9.17, 15) is 14.0 Å². The van der Waals surface area contributed by atoms with Crippen LogP contribution in [0.4, 0.5) is 4.39 Å². The van der Waals surface area contributed by atoms with Gasteiger partial charge in [-0.25, -0.2) is 4.39 Å². The Morgan fingerprint density at radius 2 is 2.06 bits per heavy atom. The van der Waals surface area contributed by atoms with E-state index in [2.05, 4.69) is 36.8 Å². The van der Waals surface area contributed by atoms with Gasteiger partial charge in [-0.2, -0.15) is 0 Å². The Hall–Kier alpha value is -3.33. The van der Waals surface area contributed by atoms with E-state index in [1.807, 2.05) is 13.0 Å². The number of aromatic amines is 1. The fourth-order valence-electron chi connectivity index (χ4n) is 3.77. The molecule has 2 aromatic heterocycles. The molecule has 0 bridgehead atoms. The summed E-state index contributed by atoms with van der Waals surface area (Å²) in [6.45, 7) is 11.2. The van der Waals surface area contributed by atoms with E-state index < -0.39 is 11.4 Å². The van der Waals surface area contributed by atoms with E-state index in [-0.39, 0.29) is 22.7 Å². The monoisotopic (exact) mass is 440 g/mol. The molecule has 2 aromatic rings. The molecule has 1 fully saturated rings. The lowest BCUT2D eigenvalue weighted by atomic mass is 10.1. The van der Waals surface area contributed by atoms with Crippen LogP contribution in [-0.4, -0.2) is 65.6 Å². The molecule has 0 aliphatic carbocycles. The van der Waals surface area contributed by atoms with E-state index in [0.29, 0.717) is 18.5 Å². The van der Waals surface area contributed by atoms with Crippen LogP contribution in [0, 0.1) is 5.82 Å². The maximum absolute atomic E-state index is 14.5. The van der Waals surface area contributed by atoms with Crippen molar-refractivity contribution in [3.05, 3.63) is 63.1 Å². The lowest BCUT2D eigenvalue weighted by Crippen LogP contribution is -2.44. The zero-order chi connectivity index (χ0) is 23.3. The van der Waals surface area contributed by atoms with Crippen LogP contribution in [0.3, 0.4) is 0 Å². The molecule has 3 rings (SSSR count). The van der Waals surface area contributed by atoms with Crippen LogP contribution in [0.1, 0.15) is 25.0 Å². The average Bonchev–Trinajstić information content (AvgIpc) is 2.79. The molecule has 0 saturated carbocycles. The number of carbonyl (C=O) groups excluding carboxylic acids is 1. The van der Waals surface area contributed by atoms with Gasteiger partial charge in [0.05, 0.1) is 11.1 Å². The normalized spacial score (nSPS) is 15.8. The number of likely N-dealkylation sites (N-methyl/N-ethyl adjacent to an activating group) is 1. The minimum atomic E-state index is -0.533. The zero-order valence-electron chi connectivity index (χ0n) is 18.7. The van der Waals surface area contributed by atoms with Crippen molar-refractivity contribution in [2.24, 2.45) is 4.99 Å². The fourth-order valence-corrected chi connectivity index (χ4v) is 3.77. The van der Waals surface area contributed by atoms with E-state index in [1.165, 1.54) is 0 Å². The second kappa shape index (κ2) is 10.3. The van der Waals surface area contributed by atoms with Crippen LogP contribution >= 0.6 is 0 Å². The van der Waals surface area contributed by atoms with Gasteiger partial charge in [-0.05, 0) is 43.8 Å². The quantitative estimate of drug-likeness (QED) is 0.390. The molecule has 1 amide bonds. The van der Waals surface area contributed by atoms with E-state index in [4.69, 9.17) is 0 Å². The predicted octanol–water partition coefficient (Wildman–Crippen LogP) is 1.98. The summed E-state index contributed by atoms with van der Waals surface area (Å²) >= 11 is 0. The number of H-pyrrole nitrogens is 1. The largest absolute Gasteiger partial charge is 0.372 e. The second-order valence-electron chi connectivity index (χ2n) is 7.70. The molecule has 1 aliphatic heterocycles. The number of fused-ring (bicyclic) bond motifs is 1. The zero-order valence-corrected chi connectivity index (χ0v) is 18.7. The van der Waals surface area contributed by atoms with Gasteiger partial charge in [0.25, 0.3) is 11.5 Å². The summed E-state index contributed by atoms with van der Waals surface area (Å²) < 4.78 is 14.5. The lowest BCUT2D eigenvalue weighted by molar-refractivity contribution is -0.117. The molecule has 9 heteroatoms. The molecule has 0 atom stereocenters. The number of nitrogens with one attached hydrogen (secondary N) is 2.